The second-order valence-electron chi connectivity index (χ2n) is 10.6. The highest BCUT2D eigenvalue weighted by molar-refractivity contribution is 5.91. The van der Waals surface area contributed by atoms with Gasteiger partial charge >= 0.3 is 0 Å². The predicted molar refractivity (Wildman–Crippen MR) is 158 cm³/mol. The largest absolute Gasteiger partial charge is 0.394 e. The zero-order valence-corrected chi connectivity index (χ0v) is 23.2. The van der Waals surface area contributed by atoms with Crippen molar-refractivity contribution in [1.29, 1.82) is 0 Å². The summed E-state index contributed by atoms with van der Waals surface area (Å²) in [6, 6.07) is 28.3. The molecule has 0 saturated heterocycles. The molecule has 0 aliphatic carbocycles. The number of carbonyl (C=O) groups excluding carboxylic acids is 1. The molecule has 5 aromatic rings. The standard InChI is InChI=1S/C34H37N3O2/c1-5-22(2)32(34(39)36-30(21-38)26-11-7-6-8-12-26)27-17-15-25(16-18-27)20-29-28-13-9-10-14-31(28)37-24(4)19-23(3)35-33(29)37/h6-19,22,30,32,38H,5,20-21H2,1-4H3,(H,36,39)/t22?,30-,32?/m0/s1. The van der Waals surface area contributed by atoms with Crippen molar-refractivity contribution in [2.45, 2.75) is 52.5 Å². The third-order valence-corrected chi connectivity index (χ3v) is 7.92. The van der Waals surface area contributed by atoms with Crippen LogP contribution in [0.2, 0.25) is 0 Å². The van der Waals surface area contributed by atoms with Crippen molar-refractivity contribution in [3.63, 3.8) is 0 Å². The number of fused-ring (bicyclic) bond motifs is 3. The van der Waals surface area contributed by atoms with E-state index in [0.29, 0.717) is 0 Å². The van der Waals surface area contributed by atoms with Gasteiger partial charge in [-0.3, -0.25) is 9.20 Å². The number of aliphatic hydroxyl groups excluding tert-OH is 1. The van der Waals surface area contributed by atoms with Gasteiger partial charge in [0, 0.05) is 28.8 Å². The van der Waals surface area contributed by atoms with Crippen LogP contribution in [0.5, 0.6) is 0 Å². The highest BCUT2D eigenvalue weighted by atomic mass is 16.3. The summed E-state index contributed by atoms with van der Waals surface area (Å²) in [5.74, 6) is -0.204. The topological polar surface area (TPSA) is 66.6 Å². The van der Waals surface area contributed by atoms with Gasteiger partial charge in [-0.1, -0.05) is 93.1 Å². The van der Waals surface area contributed by atoms with Crippen molar-refractivity contribution >= 4 is 22.5 Å². The first-order chi connectivity index (χ1) is 18.9. The molecule has 2 unspecified atom stereocenters. The Morgan fingerprint density at radius 1 is 0.949 bits per heavy atom. The Bertz CT molecular complexity index is 1590. The van der Waals surface area contributed by atoms with Gasteiger partial charge in [0.05, 0.1) is 24.1 Å². The molecule has 0 radical (unpaired) electrons. The number of aromatic nitrogens is 2. The number of aliphatic hydroxyl groups is 1. The van der Waals surface area contributed by atoms with Crippen molar-refractivity contribution in [2.75, 3.05) is 6.61 Å². The van der Waals surface area contributed by atoms with Gasteiger partial charge < -0.3 is 10.4 Å². The number of para-hydroxylation sites is 1. The average molecular weight is 520 g/mol. The van der Waals surface area contributed by atoms with Crippen LogP contribution in [0.25, 0.3) is 16.6 Å². The summed E-state index contributed by atoms with van der Waals surface area (Å²) in [6.07, 6.45) is 1.63. The summed E-state index contributed by atoms with van der Waals surface area (Å²) >= 11 is 0. The molecule has 0 spiro atoms. The Morgan fingerprint density at radius 2 is 1.64 bits per heavy atom. The number of hydrogen-bond acceptors (Lipinski definition) is 3. The van der Waals surface area contributed by atoms with E-state index in [9.17, 15) is 9.90 Å². The van der Waals surface area contributed by atoms with Crippen molar-refractivity contribution < 1.29 is 9.90 Å². The molecule has 0 bridgehead atoms. The maximum Gasteiger partial charge on any atom is 0.228 e. The fourth-order valence-corrected chi connectivity index (χ4v) is 5.71. The first-order valence-corrected chi connectivity index (χ1v) is 13.8. The third kappa shape index (κ3) is 5.32. The van der Waals surface area contributed by atoms with Gasteiger partial charge in [0.1, 0.15) is 5.65 Å². The SMILES string of the molecule is CCC(C)C(C(=O)N[C@@H](CO)c1ccccc1)c1ccc(Cc2c3ccccc3n3c(C)cc(C)nc23)cc1. The highest BCUT2D eigenvalue weighted by Gasteiger charge is 2.28. The van der Waals surface area contributed by atoms with Crippen LogP contribution in [0.15, 0.2) is 84.9 Å². The Balaban J connectivity index is 1.44. The lowest BCUT2D eigenvalue weighted by atomic mass is 9.84. The van der Waals surface area contributed by atoms with Gasteiger partial charge in [-0.2, -0.15) is 0 Å². The molecule has 0 saturated carbocycles. The number of benzene rings is 3. The molecule has 3 atom stereocenters. The van der Waals surface area contributed by atoms with Gasteiger partial charge in [0.2, 0.25) is 5.91 Å². The predicted octanol–water partition coefficient (Wildman–Crippen LogP) is 6.67. The van der Waals surface area contributed by atoms with Crippen molar-refractivity contribution in [3.05, 3.63) is 119 Å². The maximum atomic E-state index is 13.6. The minimum atomic E-state index is -0.430. The molecule has 1 amide bonds. The number of hydrogen-bond donors (Lipinski definition) is 2. The average Bonchev–Trinajstić information content (AvgIpc) is 3.26. The van der Waals surface area contributed by atoms with E-state index >= 15 is 0 Å². The maximum absolute atomic E-state index is 13.6. The fraction of sp³-hybridized carbons (Fsp3) is 0.294. The zero-order valence-electron chi connectivity index (χ0n) is 23.2. The Kier molecular flexibility index (Phi) is 7.80. The fourth-order valence-electron chi connectivity index (χ4n) is 5.71. The van der Waals surface area contributed by atoms with Crippen LogP contribution in [0.3, 0.4) is 0 Å². The molecule has 2 heterocycles. The first kappa shape index (κ1) is 26.6. The molecule has 0 aliphatic rings. The molecule has 5 rings (SSSR count). The minimum Gasteiger partial charge on any atom is -0.394 e. The van der Waals surface area contributed by atoms with Crippen molar-refractivity contribution in [2.24, 2.45) is 5.92 Å². The molecule has 0 aliphatic heterocycles. The monoisotopic (exact) mass is 519 g/mol. The molecule has 5 nitrogen and oxygen atoms in total. The van der Waals surface area contributed by atoms with Gasteiger partial charge in [0.25, 0.3) is 0 Å². The van der Waals surface area contributed by atoms with Crippen LogP contribution in [-0.2, 0) is 11.2 Å². The van der Waals surface area contributed by atoms with Crippen LogP contribution < -0.4 is 5.32 Å². The lowest BCUT2D eigenvalue weighted by Crippen LogP contribution is -2.36. The van der Waals surface area contributed by atoms with Crippen LogP contribution in [-0.4, -0.2) is 27.0 Å². The van der Waals surface area contributed by atoms with Gasteiger partial charge in [-0.05, 0) is 48.6 Å². The molecule has 2 aromatic heterocycles. The summed E-state index contributed by atoms with van der Waals surface area (Å²) in [5.41, 5.74) is 8.66. The molecule has 3 aromatic carbocycles. The van der Waals surface area contributed by atoms with E-state index in [0.717, 1.165) is 35.3 Å². The lowest BCUT2D eigenvalue weighted by molar-refractivity contribution is -0.124. The number of aryl methyl sites for hydroxylation is 2. The van der Waals surface area contributed by atoms with Gasteiger partial charge in [-0.25, -0.2) is 4.98 Å². The molecular weight excluding hydrogens is 482 g/mol. The van der Waals surface area contributed by atoms with E-state index in [1.165, 1.54) is 27.7 Å². The summed E-state index contributed by atoms with van der Waals surface area (Å²) in [6.45, 7) is 8.26. The van der Waals surface area contributed by atoms with E-state index < -0.39 is 6.04 Å². The van der Waals surface area contributed by atoms with Gasteiger partial charge in [-0.15, -0.1) is 0 Å². The molecule has 39 heavy (non-hydrogen) atoms. The Morgan fingerprint density at radius 3 is 2.33 bits per heavy atom. The summed E-state index contributed by atoms with van der Waals surface area (Å²) in [5, 5.41) is 14.3. The van der Waals surface area contributed by atoms with Crippen LogP contribution in [0.1, 0.15) is 65.9 Å². The first-order valence-electron chi connectivity index (χ1n) is 13.8. The quantitative estimate of drug-likeness (QED) is 0.228. The molecule has 0 fully saturated rings. The van der Waals surface area contributed by atoms with E-state index in [1.54, 1.807) is 0 Å². The number of carbonyl (C=O) groups is 1. The zero-order chi connectivity index (χ0) is 27.5. The molecular formula is C34H37N3O2. The number of amides is 1. The normalized spacial score (nSPS) is 13.9. The highest BCUT2D eigenvalue weighted by Crippen LogP contribution is 2.32. The lowest BCUT2D eigenvalue weighted by Gasteiger charge is -2.26. The van der Waals surface area contributed by atoms with E-state index in [2.05, 4.69) is 85.1 Å². The van der Waals surface area contributed by atoms with Crippen LogP contribution in [0, 0.1) is 19.8 Å². The summed E-state index contributed by atoms with van der Waals surface area (Å²) < 4.78 is 2.25. The minimum absolute atomic E-state index is 0.0559. The Hall–Kier alpha value is -3.96. The summed E-state index contributed by atoms with van der Waals surface area (Å²) in [7, 11) is 0. The Labute approximate surface area is 230 Å². The second kappa shape index (κ2) is 11.4. The van der Waals surface area contributed by atoms with Crippen LogP contribution >= 0.6 is 0 Å². The number of nitrogens with one attached hydrogen (secondary N) is 1. The van der Waals surface area contributed by atoms with E-state index in [-0.39, 0.29) is 24.3 Å². The van der Waals surface area contributed by atoms with Crippen LogP contribution in [0.4, 0.5) is 0 Å². The second-order valence-corrected chi connectivity index (χ2v) is 10.6. The molecule has 5 heteroatoms. The van der Waals surface area contributed by atoms with Crippen molar-refractivity contribution in [3.8, 4) is 0 Å². The molecule has 200 valence electrons. The number of nitrogens with zero attached hydrogens (tertiary/aromatic N) is 2. The summed E-state index contributed by atoms with van der Waals surface area (Å²) in [4.78, 5) is 18.5. The smallest absolute Gasteiger partial charge is 0.228 e. The molecule has 2 N–H and O–H groups in total. The van der Waals surface area contributed by atoms with Gasteiger partial charge in [0.15, 0.2) is 0 Å². The van der Waals surface area contributed by atoms with Crippen molar-refractivity contribution in [1.82, 2.24) is 14.7 Å². The number of rotatable bonds is 9. The van der Waals surface area contributed by atoms with E-state index in [1.807, 2.05) is 37.3 Å². The van der Waals surface area contributed by atoms with E-state index in [4.69, 9.17) is 4.98 Å². The third-order valence-electron chi connectivity index (χ3n) is 7.92.